The molecule has 2 unspecified atom stereocenters. The molecule has 24 heavy (non-hydrogen) atoms. The Hall–Kier alpha value is -2.15. The summed E-state index contributed by atoms with van der Waals surface area (Å²) in [5, 5.41) is 0. The summed E-state index contributed by atoms with van der Waals surface area (Å²) in [6, 6.07) is 4.03. The molecule has 1 aromatic rings. The van der Waals surface area contributed by atoms with E-state index in [9.17, 15) is 14.0 Å². The third kappa shape index (κ3) is 3.08. The molecule has 1 aromatic carbocycles. The van der Waals surface area contributed by atoms with Crippen LogP contribution in [-0.2, 0) is 9.53 Å². The lowest BCUT2D eigenvalue weighted by Gasteiger charge is -2.46. The number of carbonyl (C=O) groups is 2. The maximum absolute atomic E-state index is 14.2. The van der Waals surface area contributed by atoms with Crippen LogP contribution in [0, 0.1) is 5.82 Å². The summed E-state index contributed by atoms with van der Waals surface area (Å²) in [6.07, 6.45) is 0.574. The van der Waals surface area contributed by atoms with Gasteiger partial charge in [0, 0.05) is 32.6 Å². The van der Waals surface area contributed by atoms with Gasteiger partial charge in [-0.1, -0.05) is 0 Å². The molecule has 0 N–H and O–H groups in total. The maximum atomic E-state index is 14.2. The molecule has 0 saturated carbocycles. The zero-order valence-electron chi connectivity index (χ0n) is 13.8. The Morgan fingerprint density at radius 3 is 2.79 bits per heavy atom. The van der Waals surface area contributed by atoms with Gasteiger partial charge in [0.1, 0.15) is 11.6 Å². The number of nitrogens with zero attached hydrogens (tertiary/aromatic N) is 2. The van der Waals surface area contributed by atoms with Crippen LogP contribution in [0.5, 0.6) is 5.75 Å². The molecule has 0 spiro atoms. The summed E-state index contributed by atoms with van der Waals surface area (Å²) >= 11 is 0. The molecule has 6 nitrogen and oxygen atoms in total. The molecular weight excluding hydrogens is 315 g/mol. The standard InChI is InChI=1S/C17H21FN2O4/c1-11(21)20-7-8-24-16-5-6-19(10-15(16)20)17(22)13-4-3-12(23-2)9-14(13)18/h3-4,9,15-16H,5-8,10H2,1-2H3. The molecule has 2 atom stereocenters. The maximum Gasteiger partial charge on any atom is 0.256 e. The molecule has 0 radical (unpaired) electrons. The summed E-state index contributed by atoms with van der Waals surface area (Å²) in [4.78, 5) is 27.8. The first-order valence-electron chi connectivity index (χ1n) is 8.03. The molecule has 2 saturated heterocycles. The lowest BCUT2D eigenvalue weighted by molar-refractivity contribution is -0.149. The van der Waals surface area contributed by atoms with Crippen LogP contribution < -0.4 is 4.74 Å². The fourth-order valence-electron chi connectivity index (χ4n) is 3.41. The van der Waals surface area contributed by atoms with Crippen molar-refractivity contribution >= 4 is 11.8 Å². The predicted molar refractivity (Wildman–Crippen MR) is 84.4 cm³/mol. The SMILES string of the molecule is COc1ccc(C(=O)N2CCC3OCCN(C(C)=O)C3C2)c(F)c1. The Balaban J connectivity index is 1.78. The highest BCUT2D eigenvalue weighted by Gasteiger charge is 2.39. The van der Waals surface area contributed by atoms with Crippen molar-refractivity contribution in [2.24, 2.45) is 0 Å². The van der Waals surface area contributed by atoms with Crippen molar-refractivity contribution in [2.45, 2.75) is 25.5 Å². The first-order chi connectivity index (χ1) is 11.5. The van der Waals surface area contributed by atoms with Gasteiger partial charge in [0.15, 0.2) is 0 Å². The van der Waals surface area contributed by atoms with Crippen molar-refractivity contribution in [3.8, 4) is 5.75 Å². The largest absolute Gasteiger partial charge is 0.497 e. The minimum Gasteiger partial charge on any atom is -0.497 e. The van der Waals surface area contributed by atoms with E-state index in [4.69, 9.17) is 9.47 Å². The molecule has 2 aliphatic heterocycles. The van der Waals surface area contributed by atoms with E-state index < -0.39 is 5.82 Å². The Morgan fingerprint density at radius 2 is 2.12 bits per heavy atom. The number of amides is 2. The first-order valence-corrected chi connectivity index (χ1v) is 8.03. The van der Waals surface area contributed by atoms with Crippen LogP contribution in [0.1, 0.15) is 23.7 Å². The van der Waals surface area contributed by atoms with E-state index in [1.807, 2.05) is 0 Å². The summed E-state index contributed by atoms with van der Waals surface area (Å²) < 4.78 is 24.9. The number of piperidine rings is 1. The van der Waals surface area contributed by atoms with Crippen LogP contribution in [-0.4, -0.2) is 67.1 Å². The molecule has 130 valence electrons. The molecular formula is C17H21FN2O4. The number of morpholine rings is 1. The second-order valence-corrected chi connectivity index (χ2v) is 6.07. The minimum atomic E-state index is -0.607. The number of rotatable bonds is 2. The van der Waals surface area contributed by atoms with Crippen LogP contribution in [0.25, 0.3) is 0 Å². The highest BCUT2D eigenvalue weighted by Crippen LogP contribution is 2.25. The Bertz CT molecular complexity index is 651. The van der Waals surface area contributed by atoms with E-state index in [1.165, 1.54) is 26.2 Å². The number of benzene rings is 1. The average molecular weight is 336 g/mol. The number of ether oxygens (including phenoxy) is 2. The van der Waals surface area contributed by atoms with Crippen LogP contribution in [0.15, 0.2) is 18.2 Å². The molecule has 0 bridgehead atoms. The number of methoxy groups -OCH3 is 1. The van der Waals surface area contributed by atoms with Crippen molar-refractivity contribution in [1.29, 1.82) is 0 Å². The van der Waals surface area contributed by atoms with E-state index in [0.717, 1.165) is 0 Å². The number of hydrogen-bond donors (Lipinski definition) is 0. The van der Waals surface area contributed by atoms with Gasteiger partial charge in [-0.3, -0.25) is 9.59 Å². The zero-order chi connectivity index (χ0) is 17.3. The molecule has 2 fully saturated rings. The second-order valence-electron chi connectivity index (χ2n) is 6.07. The Labute approximate surface area is 140 Å². The van der Waals surface area contributed by atoms with E-state index >= 15 is 0 Å². The second kappa shape index (κ2) is 6.76. The van der Waals surface area contributed by atoms with Gasteiger partial charge in [0.25, 0.3) is 5.91 Å². The third-order valence-electron chi connectivity index (χ3n) is 4.68. The van der Waals surface area contributed by atoms with E-state index in [0.29, 0.717) is 38.4 Å². The van der Waals surface area contributed by atoms with Crippen molar-refractivity contribution in [1.82, 2.24) is 9.80 Å². The molecule has 0 aromatic heterocycles. The summed E-state index contributed by atoms with van der Waals surface area (Å²) in [5.41, 5.74) is 0.0142. The summed E-state index contributed by atoms with van der Waals surface area (Å²) in [5.74, 6) is -0.642. The van der Waals surface area contributed by atoms with E-state index in [2.05, 4.69) is 0 Å². The molecule has 2 aliphatic rings. The highest BCUT2D eigenvalue weighted by atomic mass is 19.1. The van der Waals surface area contributed by atoms with Crippen molar-refractivity contribution in [3.63, 3.8) is 0 Å². The lowest BCUT2D eigenvalue weighted by atomic mass is 9.97. The molecule has 0 aliphatic carbocycles. The molecule has 2 heterocycles. The van der Waals surface area contributed by atoms with Gasteiger partial charge in [-0.05, 0) is 18.6 Å². The first kappa shape index (κ1) is 16.7. The number of carbonyl (C=O) groups excluding carboxylic acids is 2. The quantitative estimate of drug-likeness (QED) is 0.817. The van der Waals surface area contributed by atoms with E-state index in [1.54, 1.807) is 15.9 Å². The summed E-state index contributed by atoms with van der Waals surface area (Å²) in [6.45, 7) is 3.40. The Kier molecular flexibility index (Phi) is 4.71. The number of likely N-dealkylation sites (tertiary alicyclic amines) is 1. The number of fused-ring (bicyclic) bond motifs is 1. The van der Waals surface area contributed by atoms with Gasteiger partial charge in [0.05, 0.1) is 31.4 Å². The van der Waals surface area contributed by atoms with Gasteiger partial charge in [-0.25, -0.2) is 4.39 Å². The summed E-state index contributed by atoms with van der Waals surface area (Å²) in [7, 11) is 1.44. The Morgan fingerprint density at radius 1 is 1.33 bits per heavy atom. The van der Waals surface area contributed by atoms with Crippen LogP contribution in [0.3, 0.4) is 0 Å². The fourth-order valence-corrected chi connectivity index (χ4v) is 3.41. The predicted octanol–water partition coefficient (Wildman–Crippen LogP) is 1.30. The monoisotopic (exact) mass is 336 g/mol. The third-order valence-corrected chi connectivity index (χ3v) is 4.68. The van der Waals surface area contributed by atoms with E-state index in [-0.39, 0.29) is 29.5 Å². The topological polar surface area (TPSA) is 59.1 Å². The van der Waals surface area contributed by atoms with Gasteiger partial charge in [0.2, 0.25) is 5.91 Å². The smallest absolute Gasteiger partial charge is 0.256 e. The van der Waals surface area contributed by atoms with Crippen molar-refractivity contribution in [2.75, 3.05) is 33.4 Å². The molecule has 3 rings (SSSR count). The van der Waals surface area contributed by atoms with Gasteiger partial charge in [-0.2, -0.15) is 0 Å². The van der Waals surface area contributed by atoms with Crippen molar-refractivity contribution in [3.05, 3.63) is 29.6 Å². The lowest BCUT2D eigenvalue weighted by Crippen LogP contribution is -2.61. The zero-order valence-corrected chi connectivity index (χ0v) is 13.8. The van der Waals surface area contributed by atoms with Crippen LogP contribution >= 0.6 is 0 Å². The number of hydrogen-bond acceptors (Lipinski definition) is 4. The molecule has 2 amide bonds. The minimum absolute atomic E-state index is 0.0142. The van der Waals surface area contributed by atoms with Crippen LogP contribution in [0.4, 0.5) is 4.39 Å². The fraction of sp³-hybridized carbons (Fsp3) is 0.529. The van der Waals surface area contributed by atoms with Crippen LogP contribution in [0.2, 0.25) is 0 Å². The highest BCUT2D eigenvalue weighted by molar-refractivity contribution is 5.94. The number of halogens is 1. The van der Waals surface area contributed by atoms with Crippen molar-refractivity contribution < 1.29 is 23.5 Å². The van der Waals surface area contributed by atoms with Gasteiger partial charge < -0.3 is 19.3 Å². The molecule has 7 heteroatoms. The van der Waals surface area contributed by atoms with Gasteiger partial charge >= 0.3 is 0 Å². The average Bonchev–Trinajstić information content (AvgIpc) is 2.59. The normalized spacial score (nSPS) is 23.6. The van der Waals surface area contributed by atoms with Gasteiger partial charge in [-0.15, -0.1) is 0 Å².